The summed E-state index contributed by atoms with van der Waals surface area (Å²) < 4.78 is 4.67. The lowest BCUT2D eigenvalue weighted by atomic mass is 10.9. The first-order chi connectivity index (χ1) is 5.33. The van der Waals surface area contributed by atoms with Crippen molar-refractivity contribution in [1.29, 1.82) is 0 Å². The quantitative estimate of drug-likeness (QED) is 0.681. The summed E-state index contributed by atoms with van der Waals surface area (Å²) in [5, 5.41) is 3.58. The number of nitrogens with zero attached hydrogens (tertiary/aromatic N) is 1. The van der Waals surface area contributed by atoms with E-state index in [0.29, 0.717) is 6.61 Å². The molecular formula is C6H10N2O2S. The minimum atomic E-state index is -0.403. The SMILES string of the molecule is CCOC(=O)NN1C=CSC1. The Kier molecular flexibility index (Phi) is 3.10. The van der Waals surface area contributed by atoms with Gasteiger partial charge in [0.25, 0.3) is 0 Å². The maximum atomic E-state index is 10.8. The highest BCUT2D eigenvalue weighted by molar-refractivity contribution is 8.02. The summed E-state index contributed by atoms with van der Waals surface area (Å²) in [7, 11) is 0. The number of ether oxygens (including phenoxy) is 1. The van der Waals surface area contributed by atoms with Gasteiger partial charge in [-0.15, -0.1) is 11.8 Å². The third-order valence-electron chi connectivity index (χ3n) is 1.06. The van der Waals surface area contributed by atoms with Crippen molar-refractivity contribution in [1.82, 2.24) is 10.4 Å². The number of rotatable bonds is 2. The summed E-state index contributed by atoms with van der Waals surface area (Å²) in [6, 6.07) is 0. The lowest BCUT2D eigenvalue weighted by molar-refractivity contribution is 0.131. The van der Waals surface area contributed by atoms with Gasteiger partial charge in [0.15, 0.2) is 0 Å². The van der Waals surface area contributed by atoms with Gasteiger partial charge in [-0.05, 0) is 12.3 Å². The molecule has 4 nitrogen and oxygen atoms in total. The van der Waals surface area contributed by atoms with Crippen LogP contribution in [0.5, 0.6) is 0 Å². The van der Waals surface area contributed by atoms with Crippen LogP contribution < -0.4 is 5.43 Å². The molecule has 1 aliphatic rings. The Morgan fingerprint density at radius 2 is 2.73 bits per heavy atom. The highest BCUT2D eigenvalue weighted by Gasteiger charge is 2.07. The normalized spacial score (nSPS) is 15.2. The number of thioether (sulfide) groups is 1. The number of hydrazine groups is 1. The van der Waals surface area contributed by atoms with E-state index in [0.717, 1.165) is 5.88 Å². The monoisotopic (exact) mass is 174 g/mol. The molecule has 0 spiro atoms. The van der Waals surface area contributed by atoms with E-state index in [9.17, 15) is 4.79 Å². The van der Waals surface area contributed by atoms with Crippen LogP contribution in [0.25, 0.3) is 0 Å². The van der Waals surface area contributed by atoms with Gasteiger partial charge in [-0.3, -0.25) is 5.01 Å². The van der Waals surface area contributed by atoms with Gasteiger partial charge in [0.05, 0.1) is 12.5 Å². The number of carbonyl (C=O) groups is 1. The molecule has 0 saturated heterocycles. The molecule has 0 saturated carbocycles. The maximum absolute atomic E-state index is 10.8. The Morgan fingerprint density at radius 3 is 3.27 bits per heavy atom. The summed E-state index contributed by atoms with van der Waals surface area (Å²) in [4.78, 5) is 10.8. The first-order valence-electron chi connectivity index (χ1n) is 3.31. The minimum absolute atomic E-state index is 0.399. The predicted octanol–water partition coefficient (Wildman–Crippen LogP) is 1.12. The minimum Gasteiger partial charge on any atom is -0.449 e. The van der Waals surface area contributed by atoms with Crippen molar-refractivity contribution in [3.05, 3.63) is 11.6 Å². The topological polar surface area (TPSA) is 41.6 Å². The van der Waals surface area contributed by atoms with Crippen LogP contribution in [0, 0.1) is 0 Å². The van der Waals surface area contributed by atoms with Gasteiger partial charge >= 0.3 is 6.09 Å². The number of hydrogen-bond acceptors (Lipinski definition) is 4. The van der Waals surface area contributed by atoms with Crippen LogP contribution in [0.3, 0.4) is 0 Å². The first-order valence-corrected chi connectivity index (χ1v) is 4.36. The summed E-state index contributed by atoms with van der Waals surface area (Å²) in [5.74, 6) is 0.749. The standard InChI is InChI=1S/C6H10N2O2S/c1-2-10-6(9)7-8-3-4-11-5-8/h3-4H,2,5H2,1H3,(H,7,9). The van der Waals surface area contributed by atoms with Gasteiger partial charge in [-0.2, -0.15) is 0 Å². The summed E-state index contributed by atoms with van der Waals surface area (Å²) >= 11 is 1.62. The second-order valence-electron chi connectivity index (χ2n) is 1.88. The zero-order chi connectivity index (χ0) is 8.10. The molecule has 0 aromatic carbocycles. The Bertz CT molecular complexity index is 172. The van der Waals surface area contributed by atoms with Crippen LogP contribution in [0.1, 0.15) is 6.92 Å². The van der Waals surface area contributed by atoms with Gasteiger partial charge < -0.3 is 4.74 Å². The molecule has 0 bridgehead atoms. The largest absolute Gasteiger partial charge is 0.449 e. The molecule has 11 heavy (non-hydrogen) atoms. The second-order valence-corrected chi connectivity index (χ2v) is 2.75. The number of hydrogen-bond donors (Lipinski definition) is 1. The molecule has 1 aliphatic heterocycles. The third kappa shape index (κ3) is 2.71. The molecule has 0 atom stereocenters. The molecule has 1 N–H and O–H groups in total. The van der Waals surface area contributed by atoms with E-state index in [4.69, 9.17) is 0 Å². The molecule has 0 unspecified atom stereocenters. The van der Waals surface area contributed by atoms with E-state index in [1.165, 1.54) is 0 Å². The summed E-state index contributed by atoms with van der Waals surface area (Å²) in [5.41, 5.74) is 2.54. The molecular weight excluding hydrogens is 164 g/mol. The van der Waals surface area contributed by atoms with Gasteiger partial charge in [0.1, 0.15) is 0 Å². The molecule has 1 amide bonds. The van der Waals surface area contributed by atoms with E-state index in [1.807, 2.05) is 5.41 Å². The van der Waals surface area contributed by atoms with Gasteiger partial charge in [-0.25, -0.2) is 10.2 Å². The predicted molar refractivity (Wildman–Crippen MR) is 43.6 cm³/mol. The number of nitrogens with one attached hydrogen (secondary N) is 1. The maximum Gasteiger partial charge on any atom is 0.426 e. The van der Waals surface area contributed by atoms with E-state index in [2.05, 4.69) is 10.2 Å². The zero-order valence-electron chi connectivity index (χ0n) is 6.24. The fraction of sp³-hybridized carbons (Fsp3) is 0.500. The Balaban J connectivity index is 2.19. The van der Waals surface area contributed by atoms with Crippen LogP contribution >= 0.6 is 11.8 Å². The average molecular weight is 174 g/mol. The third-order valence-corrected chi connectivity index (χ3v) is 1.80. The van der Waals surface area contributed by atoms with Crippen molar-refractivity contribution in [2.45, 2.75) is 6.92 Å². The number of amides is 1. The highest BCUT2D eigenvalue weighted by atomic mass is 32.2. The highest BCUT2D eigenvalue weighted by Crippen LogP contribution is 2.11. The Hall–Kier alpha value is -0.840. The molecule has 62 valence electrons. The molecule has 0 aliphatic carbocycles. The average Bonchev–Trinajstić information content (AvgIpc) is 2.40. The van der Waals surface area contributed by atoms with Crippen molar-refractivity contribution >= 4 is 17.9 Å². The van der Waals surface area contributed by atoms with Crippen LogP contribution in [0.4, 0.5) is 4.79 Å². The molecule has 0 fully saturated rings. The van der Waals surface area contributed by atoms with Gasteiger partial charge in [0.2, 0.25) is 0 Å². The molecule has 0 aromatic rings. The Labute approximate surface area is 69.5 Å². The molecule has 0 aromatic heterocycles. The summed E-state index contributed by atoms with van der Waals surface area (Å²) in [6.45, 7) is 2.17. The van der Waals surface area contributed by atoms with E-state index < -0.39 is 6.09 Å². The fourth-order valence-electron chi connectivity index (χ4n) is 0.633. The smallest absolute Gasteiger partial charge is 0.426 e. The van der Waals surface area contributed by atoms with Crippen molar-refractivity contribution < 1.29 is 9.53 Å². The van der Waals surface area contributed by atoms with E-state index in [-0.39, 0.29) is 0 Å². The second kappa shape index (κ2) is 4.12. The van der Waals surface area contributed by atoms with Crippen molar-refractivity contribution in [2.24, 2.45) is 0 Å². The molecule has 1 heterocycles. The van der Waals surface area contributed by atoms with Crippen molar-refractivity contribution in [3.8, 4) is 0 Å². The Morgan fingerprint density at radius 1 is 1.91 bits per heavy atom. The first kappa shape index (κ1) is 8.26. The zero-order valence-corrected chi connectivity index (χ0v) is 7.06. The fourth-order valence-corrected chi connectivity index (χ4v) is 1.26. The van der Waals surface area contributed by atoms with Gasteiger partial charge in [-0.1, -0.05) is 0 Å². The van der Waals surface area contributed by atoms with Crippen molar-refractivity contribution in [3.63, 3.8) is 0 Å². The number of carbonyl (C=O) groups excluding carboxylic acids is 1. The molecule has 0 radical (unpaired) electrons. The van der Waals surface area contributed by atoms with Crippen LogP contribution in [-0.4, -0.2) is 23.6 Å². The molecule has 1 rings (SSSR count). The van der Waals surface area contributed by atoms with E-state index >= 15 is 0 Å². The van der Waals surface area contributed by atoms with Gasteiger partial charge in [0, 0.05) is 6.20 Å². The molecule has 5 heteroatoms. The summed E-state index contributed by atoms with van der Waals surface area (Å²) in [6.07, 6.45) is 1.39. The lowest BCUT2D eigenvalue weighted by Crippen LogP contribution is -2.37. The van der Waals surface area contributed by atoms with Crippen molar-refractivity contribution in [2.75, 3.05) is 12.5 Å². The van der Waals surface area contributed by atoms with Crippen LogP contribution in [0.15, 0.2) is 11.6 Å². The van der Waals surface area contributed by atoms with Crippen LogP contribution in [-0.2, 0) is 4.74 Å². The van der Waals surface area contributed by atoms with E-state index in [1.54, 1.807) is 29.9 Å². The lowest BCUT2D eigenvalue weighted by Gasteiger charge is -2.14. The van der Waals surface area contributed by atoms with Crippen LogP contribution in [0.2, 0.25) is 0 Å².